The number of nitrogens with one attached hydrogen (secondary N) is 1. The van der Waals surface area contributed by atoms with Crippen LogP contribution in [0.15, 0.2) is 52.3 Å². The summed E-state index contributed by atoms with van der Waals surface area (Å²) in [7, 11) is 1.84. The molecule has 0 amide bonds. The minimum Gasteiger partial charge on any atom is -0.316 e. The number of rotatable bonds is 4. The van der Waals surface area contributed by atoms with Crippen molar-refractivity contribution in [3.63, 3.8) is 0 Å². The Morgan fingerprint density at radius 2 is 1.94 bits per heavy atom. The molecule has 0 aliphatic rings. The van der Waals surface area contributed by atoms with Crippen molar-refractivity contribution < 1.29 is 4.39 Å². The molecule has 0 spiro atoms. The summed E-state index contributed by atoms with van der Waals surface area (Å²) in [5.41, 5.74) is 0.933. The van der Waals surface area contributed by atoms with Crippen molar-refractivity contribution in [2.75, 3.05) is 7.05 Å². The highest BCUT2D eigenvalue weighted by Gasteiger charge is 2.07. The van der Waals surface area contributed by atoms with Crippen LogP contribution in [0.3, 0.4) is 0 Å². The van der Waals surface area contributed by atoms with Crippen LogP contribution in [-0.4, -0.2) is 7.05 Å². The molecule has 94 valence electrons. The zero-order chi connectivity index (χ0) is 13.0. The summed E-state index contributed by atoms with van der Waals surface area (Å²) >= 11 is 7.68. The summed E-state index contributed by atoms with van der Waals surface area (Å²) in [6.07, 6.45) is 0. The molecule has 0 radical (unpaired) electrons. The van der Waals surface area contributed by atoms with Crippen LogP contribution in [0.2, 0.25) is 5.02 Å². The molecule has 0 aliphatic heterocycles. The molecule has 0 saturated carbocycles. The first kappa shape index (κ1) is 13.4. The SMILES string of the molecule is CNCc1cc(F)ccc1Sc1ccccc1Cl. The lowest BCUT2D eigenvalue weighted by Gasteiger charge is -2.10. The van der Waals surface area contributed by atoms with E-state index in [1.165, 1.54) is 6.07 Å². The topological polar surface area (TPSA) is 12.0 Å². The highest BCUT2D eigenvalue weighted by molar-refractivity contribution is 7.99. The van der Waals surface area contributed by atoms with E-state index in [4.69, 9.17) is 11.6 Å². The van der Waals surface area contributed by atoms with E-state index in [1.54, 1.807) is 23.9 Å². The van der Waals surface area contributed by atoms with Crippen LogP contribution < -0.4 is 5.32 Å². The van der Waals surface area contributed by atoms with Crippen molar-refractivity contribution in [3.05, 3.63) is 58.9 Å². The molecule has 4 heteroatoms. The Balaban J connectivity index is 2.31. The Morgan fingerprint density at radius 3 is 2.67 bits per heavy atom. The van der Waals surface area contributed by atoms with Gasteiger partial charge < -0.3 is 5.32 Å². The predicted octanol–water partition coefficient (Wildman–Crippen LogP) is 4.35. The van der Waals surface area contributed by atoms with Crippen molar-refractivity contribution >= 4 is 23.4 Å². The molecule has 1 nitrogen and oxygen atoms in total. The fraction of sp³-hybridized carbons (Fsp3) is 0.143. The van der Waals surface area contributed by atoms with E-state index < -0.39 is 0 Å². The fourth-order valence-electron chi connectivity index (χ4n) is 1.62. The number of halogens is 2. The van der Waals surface area contributed by atoms with Crippen LogP contribution in [0, 0.1) is 5.82 Å². The van der Waals surface area contributed by atoms with Crippen LogP contribution in [-0.2, 0) is 6.54 Å². The zero-order valence-electron chi connectivity index (χ0n) is 9.91. The number of benzene rings is 2. The molecule has 2 aromatic rings. The first-order valence-electron chi connectivity index (χ1n) is 5.56. The standard InChI is InChI=1S/C14H13ClFNS/c1-17-9-10-8-11(16)6-7-13(10)18-14-5-3-2-4-12(14)15/h2-8,17H,9H2,1H3. The Hall–Kier alpha value is -1.03. The van der Waals surface area contributed by atoms with Crippen LogP contribution in [0.25, 0.3) is 0 Å². The maximum Gasteiger partial charge on any atom is 0.123 e. The second-order valence-corrected chi connectivity index (χ2v) is 5.31. The molecular weight excluding hydrogens is 269 g/mol. The van der Waals surface area contributed by atoms with Crippen LogP contribution in [0.5, 0.6) is 0 Å². The molecule has 0 heterocycles. The molecule has 18 heavy (non-hydrogen) atoms. The molecule has 2 aromatic carbocycles. The second kappa shape index (κ2) is 6.23. The fourth-order valence-corrected chi connectivity index (χ4v) is 2.82. The quantitative estimate of drug-likeness (QED) is 0.894. The van der Waals surface area contributed by atoms with Crippen molar-refractivity contribution in [2.24, 2.45) is 0 Å². The molecule has 1 N–H and O–H groups in total. The Bertz CT molecular complexity index is 545. The molecule has 0 aromatic heterocycles. The number of hydrogen-bond acceptors (Lipinski definition) is 2. The van der Waals surface area contributed by atoms with Crippen molar-refractivity contribution in [1.82, 2.24) is 5.32 Å². The molecule has 0 bridgehead atoms. The first-order valence-corrected chi connectivity index (χ1v) is 6.75. The van der Waals surface area contributed by atoms with Crippen LogP contribution in [0.1, 0.15) is 5.56 Å². The van der Waals surface area contributed by atoms with Gasteiger partial charge in [-0.1, -0.05) is 35.5 Å². The molecule has 2 rings (SSSR count). The normalized spacial score (nSPS) is 10.6. The van der Waals surface area contributed by atoms with Gasteiger partial charge in [0.2, 0.25) is 0 Å². The van der Waals surface area contributed by atoms with Gasteiger partial charge in [0.1, 0.15) is 5.82 Å². The van der Waals surface area contributed by atoms with Gasteiger partial charge in [0, 0.05) is 16.3 Å². The second-order valence-electron chi connectivity index (χ2n) is 3.81. The third kappa shape index (κ3) is 3.25. The lowest BCUT2D eigenvalue weighted by molar-refractivity contribution is 0.621. The lowest BCUT2D eigenvalue weighted by Crippen LogP contribution is -2.06. The Labute approximate surface area is 115 Å². The van der Waals surface area contributed by atoms with E-state index in [-0.39, 0.29) is 5.82 Å². The zero-order valence-corrected chi connectivity index (χ0v) is 11.5. The van der Waals surface area contributed by atoms with Gasteiger partial charge >= 0.3 is 0 Å². The van der Waals surface area contributed by atoms with Crippen LogP contribution in [0.4, 0.5) is 4.39 Å². The summed E-state index contributed by atoms with van der Waals surface area (Å²) in [6, 6.07) is 12.5. The summed E-state index contributed by atoms with van der Waals surface area (Å²) in [5.74, 6) is -0.219. The highest BCUT2D eigenvalue weighted by Crippen LogP contribution is 2.35. The van der Waals surface area contributed by atoms with E-state index in [1.807, 2.05) is 31.3 Å². The maximum absolute atomic E-state index is 13.2. The Kier molecular flexibility index (Phi) is 4.64. The van der Waals surface area contributed by atoms with Gasteiger partial charge in [-0.15, -0.1) is 0 Å². The summed E-state index contributed by atoms with van der Waals surface area (Å²) in [4.78, 5) is 1.99. The molecule has 0 aliphatic carbocycles. The summed E-state index contributed by atoms with van der Waals surface area (Å²) in [6.45, 7) is 0.630. The van der Waals surface area contributed by atoms with Gasteiger partial charge in [-0.2, -0.15) is 0 Å². The van der Waals surface area contributed by atoms with E-state index in [2.05, 4.69) is 5.32 Å². The molecule has 0 atom stereocenters. The highest BCUT2D eigenvalue weighted by atomic mass is 35.5. The lowest BCUT2D eigenvalue weighted by atomic mass is 10.2. The number of hydrogen-bond donors (Lipinski definition) is 1. The molecule has 0 fully saturated rings. The first-order chi connectivity index (χ1) is 8.70. The average Bonchev–Trinajstić information content (AvgIpc) is 2.35. The van der Waals surface area contributed by atoms with Crippen LogP contribution >= 0.6 is 23.4 Å². The monoisotopic (exact) mass is 281 g/mol. The minimum atomic E-state index is -0.219. The summed E-state index contributed by atoms with van der Waals surface area (Å²) in [5, 5.41) is 3.75. The van der Waals surface area contributed by atoms with E-state index >= 15 is 0 Å². The molecule has 0 unspecified atom stereocenters. The van der Waals surface area contributed by atoms with Gasteiger partial charge in [0.15, 0.2) is 0 Å². The largest absolute Gasteiger partial charge is 0.316 e. The molecule has 0 saturated heterocycles. The van der Waals surface area contributed by atoms with Crippen molar-refractivity contribution in [3.8, 4) is 0 Å². The molecular formula is C14H13ClFNS. The van der Waals surface area contributed by atoms with Gasteiger partial charge in [-0.25, -0.2) is 4.39 Å². The third-order valence-corrected chi connectivity index (χ3v) is 4.08. The van der Waals surface area contributed by atoms with E-state index in [9.17, 15) is 4.39 Å². The Morgan fingerprint density at radius 1 is 1.17 bits per heavy atom. The third-order valence-electron chi connectivity index (χ3n) is 2.45. The van der Waals surface area contributed by atoms with Gasteiger partial charge in [-0.05, 0) is 42.9 Å². The van der Waals surface area contributed by atoms with Crippen molar-refractivity contribution in [2.45, 2.75) is 16.3 Å². The van der Waals surface area contributed by atoms with Crippen molar-refractivity contribution in [1.29, 1.82) is 0 Å². The van der Waals surface area contributed by atoms with Gasteiger partial charge in [0.25, 0.3) is 0 Å². The van der Waals surface area contributed by atoms with E-state index in [0.29, 0.717) is 11.6 Å². The smallest absolute Gasteiger partial charge is 0.123 e. The van der Waals surface area contributed by atoms with Gasteiger partial charge in [-0.3, -0.25) is 0 Å². The maximum atomic E-state index is 13.2. The predicted molar refractivity (Wildman–Crippen MR) is 74.7 cm³/mol. The minimum absolute atomic E-state index is 0.219. The van der Waals surface area contributed by atoms with Gasteiger partial charge in [0.05, 0.1) is 5.02 Å². The van der Waals surface area contributed by atoms with E-state index in [0.717, 1.165) is 15.4 Å². The average molecular weight is 282 g/mol. The summed E-state index contributed by atoms with van der Waals surface area (Å²) < 4.78 is 13.2.